The lowest BCUT2D eigenvalue weighted by Gasteiger charge is -2.11. The summed E-state index contributed by atoms with van der Waals surface area (Å²) in [5.41, 5.74) is -1.92. The fourth-order valence-corrected chi connectivity index (χ4v) is 1.28. The van der Waals surface area contributed by atoms with E-state index < -0.39 is 28.1 Å². The third kappa shape index (κ3) is 2.61. The Labute approximate surface area is 93.3 Å². The first-order valence-corrected chi connectivity index (χ1v) is 4.42. The molecule has 0 aliphatic rings. The Balaban J connectivity index is 3.44. The molecule has 0 spiro atoms. The number of hydrogen-bond acceptors (Lipinski definition) is 1. The van der Waals surface area contributed by atoms with Crippen LogP contribution in [0.3, 0.4) is 0 Å². The number of alkyl halides is 3. The molecule has 0 atom stereocenters. The number of aldehydes is 1. The van der Waals surface area contributed by atoms with Crippen LogP contribution in [0.15, 0.2) is 18.2 Å². The summed E-state index contributed by atoms with van der Waals surface area (Å²) in [7, 11) is 0. The second-order valence-corrected chi connectivity index (χ2v) is 3.22. The van der Waals surface area contributed by atoms with Gasteiger partial charge in [0.2, 0.25) is 0 Å². The number of rotatable bonds is 2. The van der Waals surface area contributed by atoms with Crippen LogP contribution in [-0.4, -0.2) is 6.29 Å². The van der Waals surface area contributed by atoms with Crippen LogP contribution in [-0.2, 0) is 11.0 Å². The number of carbonyl (C=O) groups is 1. The van der Waals surface area contributed by atoms with Crippen LogP contribution in [0.4, 0.5) is 17.6 Å². The Morgan fingerprint density at radius 3 is 2.38 bits per heavy atom. The molecule has 0 aromatic heterocycles. The highest BCUT2D eigenvalue weighted by atomic mass is 35.5. The predicted molar refractivity (Wildman–Crippen MR) is 51.5 cm³/mol. The molecule has 0 saturated heterocycles. The lowest BCUT2D eigenvalue weighted by atomic mass is 10.1. The molecule has 1 rings (SSSR count). The number of benzene rings is 1. The molecule has 0 heterocycles. The highest BCUT2D eigenvalue weighted by Crippen LogP contribution is 2.35. The lowest BCUT2D eigenvalue weighted by molar-refractivity contribution is -0.137. The Morgan fingerprint density at radius 1 is 1.25 bits per heavy atom. The summed E-state index contributed by atoms with van der Waals surface area (Å²) < 4.78 is 50.7. The van der Waals surface area contributed by atoms with Crippen molar-refractivity contribution in [1.82, 2.24) is 0 Å². The second kappa shape index (κ2) is 4.65. The summed E-state index contributed by atoms with van der Waals surface area (Å²) in [6.45, 7) is 0. The smallest absolute Gasteiger partial charge is 0.299 e. The van der Waals surface area contributed by atoms with Crippen molar-refractivity contribution in [2.24, 2.45) is 0 Å². The highest BCUT2D eigenvalue weighted by Gasteiger charge is 2.34. The molecule has 0 aliphatic heterocycles. The molecule has 16 heavy (non-hydrogen) atoms. The minimum atomic E-state index is -4.70. The van der Waals surface area contributed by atoms with Gasteiger partial charge in [-0.3, -0.25) is 4.79 Å². The predicted octanol–water partition coefficient (Wildman–Crippen LogP) is 3.71. The maximum atomic E-state index is 13.3. The zero-order valence-electron chi connectivity index (χ0n) is 7.68. The van der Waals surface area contributed by atoms with E-state index in [2.05, 4.69) is 0 Å². The Bertz CT molecular complexity index is 437. The summed E-state index contributed by atoms with van der Waals surface area (Å²) in [6, 6.07) is 1.48. The quantitative estimate of drug-likeness (QED) is 0.445. The van der Waals surface area contributed by atoms with Gasteiger partial charge < -0.3 is 0 Å². The third-order valence-corrected chi connectivity index (χ3v) is 2.07. The van der Waals surface area contributed by atoms with E-state index in [1.165, 1.54) is 0 Å². The van der Waals surface area contributed by atoms with Gasteiger partial charge in [0.15, 0.2) is 0 Å². The van der Waals surface area contributed by atoms with Crippen molar-refractivity contribution in [2.75, 3.05) is 0 Å². The molecular weight excluding hydrogens is 248 g/mol. The molecule has 0 aliphatic carbocycles. The van der Waals surface area contributed by atoms with E-state index in [4.69, 9.17) is 11.6 Å². The summed E-state index contributed by atoms with van der Waals surface area (Å²) in [4.78, 5) is 10.0. The van der Waals surface area contributed by atoms with Crippen molar-refractivity contribution < 1.29 is 22.4 Å². The Hall–Kier alpha value is -1.36. The normalized spacial score (nSPS) is 12.1. The van der Waals surface area contributed by atoms with E-state index in [1.54, 1.807) is 0 Å². The van der Waals surface area contributed by atoms with Crippen LogP contribution < -0.4 is 0 Å². The van der Waals surface area contributed by atoms with Crippen LogP contribution in [0.5, 0.6) is 0 Å². The SMILES string of the molecule is O=CC=Cc1c(C(F)(F)F)ccc(Cl)c1F. The maximum Gasteiger partial charge on any atom is 0.417 e. The molecule has 0 radical (unpaired) electrons. The van der Waals surface area contributed by atoms with Gasteiger partial charge in [0.25, 0.3) is 0 Å². The summed E-state index contributed by atoms with van der Waals surface area (Å²) in [5.74, 6) is -1.20. The first-order chi connectivity index (χ1) is 7.38. The average Bonchev–Trinajstić information content (AvgIpc) is 2.18. The summed E-state index contributed by atoms with van der Waals surface area (Å²) >= 11 is 5.35. The lowest BCUT2D eigenvalue weighted by Crippen LogP contribution is -2.08. The molecule has 6 heteroatoms. The average molecular weight is 253 g/mol. The largest absolute Gasteiger partial charge is 0.417 e. The van der Waals surface area contributed by atoms with Gasteiger partial charge in [0.1, 0.15) is 12.1 Å². The molecular formula is C10H5ClF4O. The van der Waals surface area contributed by atoms with E-state index in [1.807, 2.05) is 0 Å². The molecule has 86 valence electrons. The zero-order valence-corrected chi connectivity index (χ0v) is 8.44. The maximum absolute atomic E-state index is 13.3. The fourth-order valence-electron chi connectivity index (χ4n) is 1.11. The van der Waals surface area contributed by atoms with E-state index in [0.29, 0.717) is 6.07 Å². The van der Waals surface area contributed by atoms with Gasteiger partial charge in [-0.1, -0.05) is 11.6 Å². The monoisotopic (exact) mass is 252 g/mol. The fraction of sp³-hybridized carbons (Fsp3) is 0.100. The molecule has 1 aromatic carbocycles. The van der Waals surface area contributed by atoms with Crippen LogP contribution in [0, 0.1) is 5.82 Å². The minimum absolute atomic E-state index is 0.250. The van der Waals surface area contributed by atoms with Crippen molar-refractivity contribution in [3.63, 3.8) is 0 Å². The zero-order chi connectivity index (χ0) is 12.3. The van der Waals surface area contributed by atoms with Gasteiger partial charge in [-0.2, -0.15) is 13.2 Å². The molecule has 1 aromatic rings. The van der Waals surface area contributed by atoms with Crippen LogP contribution in [0.1, 0.15) is 11.1 Å². The van der Waals surface area contributed by atoms with Crippen molar-refractivity contribution in [1.29, 1.82) is 0 Å². The summed E-state index contributed by atoms with van der Waals surface area (Å²) in [5, 5.41) is -0.432. The number of hydrogen-bond donors (Lipinski definition) is 0. The topological polar surface area (TPSA) is 17.1 Å². The van der Waals surface area contributed by atoms with Gasteiger partial charge in [-0.05, 0) is 24.3 Å². The van der Waals surface area contributed by atoms with Crippen molar-refractivity contribution in [2.45, 2.75) is 6.18 Å². The van der Waals surface area contributed by atoms with Gasteiger partial charge >= 0.3 is 6.18 Å². The minimum Gasteiger partial charge on any atom is -0.299 e. The first-order valence-electron chi connectivity index (χ1n) is 4.05. The Morgan fingerprint density at radius 2 is 1.88 bits per heavy atom. The Kier molecular flexibility index (Phi) is 3.70. The van der Waals surface area contributed by atoms with Crippen molar-refractivity contribution >= 4 is 24.0 Å². The van der Waals surface area contributed by atoms with Gasteiger partial charge in [0.05, 0.1) is 10.6 Å². The molecule has 0 fully saturated rings. The van der Waals surface area contributed by atoms with Crippen LogP contribution in [0.2, 0.25) is 5.02 Å². The second-order valence-electron chi connectivity index (χ2n) is 2.82. The summed E-state index contributed by atoms with van der Waals surface area (Å²) in [6.07, 6.45) is -2.95. The first kappa shape index (κ1) is 12.7. The van der Waals surface area contributed by atoms with Crippen LogP contribution in [0.25, 0.3) is 6.08 Å². The van der Waals surface area contributed by atoms with Crippen molar-refractivity contribution in [3.05, 3.63) is 40.2 Å². The van der Waals surface area contributed by atoms with E-state index in [-0.39, 0.29) is 6.29 Å². The number of allylic oxidation sites excluding steroid dienone is 1. The number of halogens is 5. The molecule has 0 saturated carbocycles. The van der Waals surface area contributed by atoms with Gasteiger partial charge in [-0.25, -0.2) is 4.39 Å². The standard InChI is InChI=1S/C10H5ClF4O/c11-8-4-3-7(10(13,14)15)6(9(8)12)2-1-5-16/h1-5H. The van der Waals surface area contributed by atoms with Gasteiger partial charge in [0, 0.05) is 5.56 Å². The molecule has 0 unspecified atom stereocenters. The van der Waals surface area contributed by atoms with Gasteiger partial charge in [-0.15, -0.1) is 0 Å². The van der Waals surface area contributed by atoms with E-state index >= 15 is 0 Å². The van der Waals surface area contributed by atoms with E-state index in [9.17, 15) is 22.4 Å². The molecule has 0 amide bonds. The van der Waals surface area contributed by atoms with E-state index in [0.717, 1.165) is 18.2 Å². The third-order valence-electron chi connectivity index (χ3n) is 1.78. The molecule has 0 N–H and O–H groups in total. The van der Waals surface area contributed by atoms with Crippen molar-refractivity contribution in [3.8, 4) is 0 Å². The number of carbonyl (C=O) groups excluding carboxylic acids is 1. The molecule has 0 bridgehead atoms. The van der Waals surface area contributed by atoms with Crippen LogP contribution >= 0.6 is 11.6 Å². The highest BCUT2D eigenvalue weighted by molar-refractivity contribution is 6.30. The molecule has 1 nitrogen and oxygen atoms in total.